The zero-order valence-electron chi connectivity index (χ0n) is 7.57. The Bertz CT molecular complexity index is 325. The van der Waals surface area contributed by atoms with E-state index in [2.05, 4.69) is 33.1 Å². The minimum absolute atomic E-state index is 0.891. The lowest BCUT2D eigenvalue weighted by Gasteiger charge is -1.96. The average molecular weight is 242 g/mol. The van der Waals surface area contributed by atoms with Gasteiger partial charge in [0.2, 0.25) is 0 Å². The van der Waals surface area contributed by atoms with Crippen LogP contribution in [-0.2, 0) is 0 Å². The van der Waals surface area contributed by atoms with E-state index in [1.807, 2.05) is 6.20 Å². The molecule has 0 N–H and O–H groups in total. The summed E-state index contributed by atoms with van der Waals surface area (Å²) in [5, 5.41) is 8.42. The molecule has 0 bridgehead atoms. The molecule has 1 aromatic rings. The maximum Gasteiger partial charge on any atom is 0.0654 e. The van der Waals surface area contributed by atoms with Gasteiger partial charge in [0.25, 0.3) is 0 Å². The summed E-state index contributed by atoms with van der Waals surface area (Å²) in [6, 6.07) is 0. The first-order chi connectivity index (χ1) is 6.24. The monoisotopic (exact) mass is 241 g/mol. The predicted octanol–water partition coefficient (Wildman–Crippen LogP) is 2.67. The maximum atomic E-state index is 4.35. The van der Waals surface area contributed by atoms with E-state index in [0.717, 1.165) is 22.5 Å². The second kappa shape index (κ2) is 3.62. The molecule has 0 atom stereocenters. The van der Waals surface area contributed by atoms with Crippen LogP contribution in [0.5, 0.6) is 0 Å². The number of rotatable bonds is 3. The SMILES string of the molecule is C/C(CC1CC1)=N/n1cc(Br)cn1. The molecule has 1 aromatic heterocycles. The average Bonchev–Trinajstić information content (AvgIpc) is 2.76. The zero-order chi connectivity index (χ0) is 9.26. The third-order valence-corrected chi connectivity index (χ3v) is 2.50. The molecule has 4 heteroatoms. The Balaban J connectivity index is 2.00. The molecule has 2 rings (SSSR count). The summed E-state index contributed by atoms with van der Waals surface area (Å²) in [6.45, 7) is 2.06. The molecule has 0 amide bonds. The van der Waals surface area contributed by atoms with E-state index in [1.54, 1.807) is 11.0 Å². The molecule has 0 aromatic carbocycles. The van der Waals surface area contributed by atoms with Gasteiger partial charge >= 0.3 is 0 Å². The minimum Gasteiger partial charge on any atom is -0.160 e. The molecular weight excluding hydrogens is 230 g/mol. The first-order valence-electron chi connectivity index (χ1n) is 4.48. The Morgan fingerprint density at radius 2 is 2.54 bits per heavy atom. The van der Waals surface area contributed by atoms with Gasteiger partial charge in [-0.15, -0.1) is 0 Å². The Kier molecular flexibility index (Phi) is 2.49. The van der Waals surface area contributed by atoms with E-state index in [1.165, 1.54) is 12.8 Å². The van der Waals surface area contributed by atoms with Gasteiger partial charge in [-0.1, -0.05) is 0 Å². The van der Waals surface area contributed by atoms with Gasteiger partial charge in [-0.05, 0) is 48.0 Å². The molecule has 1 saturated carbocycles. The van der Waals surface area contributed by atoms with Crippen molar-refractivity contribution >= 4 is 21.6 Å². The van der Waals surface area contributed by atoms with E-state index in [4.69, 9.17) is 0 Å². The van der Waals surface area contributed by atoms with Crippen molar-refractivity contribution in [1.29, 1.82) is 0 Å². The number of hydrogen-bond donors (Lipinski definition) is 0. The number of halogens is 1. The molecule has 1 aliphatic rings. The summed E-state index contributed by atoms with van der Waals surface area (Å²) in [4.78, 5) is 1.61. The van der Waals surface area contributed by atoms with Crippen LogP contribution in [0.15, 0.2) is 22.0 Å². The zero-order valence-corrected chi connectivity index (χ0v) is 9.16. The fourth-order valence-electron chi connectivity index (χ4n) is 1.30. The van der Waals surface area contributed by atoms with Crippen LogP contribution in [0.3, 0.4) is 0 Å². The van der Waals surface area contributed by atoms with E-state index in [9.17, 15) is 0 Å². The van der Waals surface area contributed by atoms with Crippen LogP contribution in [0.2, 0.25) is 0 Å². The van der Waals surface area contributed by atoms with E-state index < -0.39 is 0 Å². The van der Waals surface area contributed by atoms with Gasteiger partial charge in [-0.3, -0.25) is 0 Å². The third-order valence-electron chi connectivity index (χ3n) is 2.09. The summed E-state index contributed by atoms with van der Waals surface area (Å²) < 4.78 is 0.968. The number of hydrogen-bond acceptors (Lipinski definition) is 2. The number of nitrogens with zero attached hydrogens (tertiary/aromatic N) is 3. The van der Waals surface area contributed by atoms with Crippen molar-refractivity contribution in [2.24, 2.45) is 11.0 Å². The quantitative estimate of drug-likeness (QED) is 0.749. The smallest absolute Gasteiger partial charge is 0.0654 e. The van der Waals surface area contributed by atoms with Crippen LogP contribution in [0.1, 0.15) is 26.2 Å². The second-order valence-electron chi connectivity index (χ2n) is 3.56. The molecule has 1 aliphatic carbocycles. The Hall–Kier alpha value is -0.640. The summed E-state index contributed by atoms with van der Waals surface area (Å²) in [5.41, 5.74) is 1.16. The van der Waals surface area contributed by atoms with E-state index in [0.29, 0.717) is 0 Å². The van der Waals surface area contributed by atoms with Crippen molar-refractivity contribution in [3.8, 4) is 0 Å². The lowest BCUT2D eigenvalue weighted by Crippen LogP contribution is -1.98. The third kappa shape index (κ3) is 2.66. The predicted molar refractivity (Wildman–Crippen MR) is 55.8 cm³/mol. The fourth-order valence-corrected chi connectivity index (χ4v) is 1.58. The molecular formula is C9H12BrN3. The van der Waals surface area contributed by atoms with Crippen molar-refractivity contribution in [2.75, 3.05) is 0 Å². The molecule has 70 valence electrons. The van der Waals surface area contributed by atoms with Gasteiger partial charge in [0.05, 0.1) is 16.9 Å². The van der Waals surface area contributed by atoms with Gasteiger partial charge in [0.1, 0.15) is 0 Å². The first-order valence-corrected chi connectivity index (χ1v) is 5.28. The van der Waals surface area contributed by atoms with Crippen LogP contribution in [-0.4, -0.2) is 15.6 Å². The van der Waals surface area contributed by atoms with Gasteiger partial charge in [-0.25, -0.2) is 0 Å². The maximum absolute atomic E-state index is 4.35. The van der Waals surface area contributed by atoms with Gasteiger partial charge in [0, 0.05) is 5.71 Å². The van der Waals surface area contributed by atoms with Crippen molar-refractivity contribution < 1.29 is 0 Å². The molecule has 0 unspecified atom stereocenters. The Labute approximate surface area is 86.0 Å². The second-order valence-corrected chi connectivity index (χ2v) is 4.48. The molecule has 0 saturated heterocycles. The lowest BCUT2D eigenvalue weighted by molar-refractivity contribution is 0.728. The highest BCUT2D eigenvalue weighted by Crippen LogP contribution is 2.32. The Morgan fingerprint density at radius 3 is 3.08 bits per heavy atom. The van der Waals surface area contributed by atoms with Crippen molar-refractivity contribution in [3.63, 3.8) is 0 Å². The normalized spacial score (nSPS) is 17.8. The summed E-state index contributed by atoms with van der Waals surface area (Å²) >= 11 is 3.33. The van der Waals surface area contributed by atoms with Crippen LogP contribution in [0.25, 0.3) is 0 Å². The minimum atomic E-state index is 0.891. The summed E-state index contributed by atoms with van der Waals surface area (Å²) in [5.74, 6) is 0.891. The standard InChI is InChI=1S/C9H12BrN3/c1-7(4-8-2-3-8)12-13-6-9(10)5-11-13/h5-6,8H,2-4H2,1H3/b12-7-. The van der Waals surface area contributed by atoms with Gasteiger partial charge < -0.3 is 0 Å². The van der Waals surface area contributed by atoms with E-state index >= 15 is 0 Å². The number of aromatic nitrogens is 2. The van der Waals surface area contributed by atoms with Crippen molar-refractivity contribution in [3.05, 3.63) is 16.9 Å². The molecule has 1 fully saturated rings. The highest BCUT2D eigenvalue weighted by molar-refractivity contribution is 9.10. The van der Waals surface area contributed by atoms with Gasteiger partial charge in [-0.2, -0.15) is 15.0 Å². The van der Waals surface area contributed by atoms with Crippen LogP contribution in [0.4, 0.5) is 0 Å². The van der Waals surface area contributed by atoms with E-state index in [-0.39, 0.29) is 0 Å². The largest absolute Gasteiger partial charge is 0.160 e. The van der Waals surface area contributed by atoms with Crippen molar-refractivity contribution in [2.45, 2.75) is 26.2 Å². The van der Waals surface area contributed by atoms with Gasteiger partial charge in [0.15, 0.2) is 0 Å². The molecule has 0 aliphatic heterocycles. The molecule has 1 heterocycles. The van der Waals surface area contributed by atoms with Crippen LogP contribution < -0.4 is 0 Å². The lowest BCUT2D eigenvalue weighted by atomic mass is 10.2. The molecule has 13 heavy (non-hydrogen) atoms. The van der Waals surface area contributed by atoms with Crippen LogP contribution >= 0.6 is 15.9 Å². The molecule has 0 spiro atoms. The summed E-state index contributed by atoms with van der Waals surface area (Å²) in [6.07, 6.45) is 7.47. The summed E-state index contributed by atoms with van der Waals surface area (Å²) in [7, 11) is 0. The topological polar surface area (TPSA) is 30.2 Å². The molecule has 0 radical (unpaired) electrons. The molecule has 3 nitrogen and oxygen atoms in total. The van der Waals surface area contributed by atoms with Crippen LogP contribution in [0, 0.1) is 5.92 Å². The Morgan fingerprint density at radius 1 is 1.77 bits per heavy atom. The highest BCUT2D eigenvalue weighted by Gasteiger charge is 2.21. The highest BCUT2D eigenvalue weighted by atomic mass is 79.9. The first kappa shape index (κ1) is 8.94. The van der Waals surface area contributed by atoms with Crippen molar-refractivity contribution in [1.82, 2.24) is 9.89 Å². The fraction of sp³-hybridized carbons (Fsp3) is 0.556.